The zero-order valence-electron chi connectivity index (χ0n) is 18.7. The zero-order chi connectivity index (χ0) is 24.2. The van der Waals surface area contributed by atoms with Gasteiger partial charge in [0.25, 0.3) is 0 Å². The summed E-state index contributed by atoms with van der Waals surface area (Å²) in [6.45, 7) is 8.03. The van der Waals surface area contributed by atoms with Gasteiger partial charge in [0, 0.05) is 33.3 Å². The van der Waals surface area contributed by atoms with Crippen LogP contribution in [0.25, 0.3) is 10.8 Å². The summed E-state index contributed by atoms with van der Waals surface area (Å²) in [5.41, 5.74) is 0.0533. The molecule has 170 valence electrons. The molecule has 0 unspecified atom stereocenters. The summed E-state index contributed by atoms with van der Waals surface area (Å²) in [5.74, 6) is -4.20. The minimum Gasteiger partial charge on any atom is -0.422 e. The molecule has 2 aromatic carbocycles. The summed E-state index contributed by atoms with van der Waals surface area (Å²) in [6, 6.07) is 3.18. The number of rotatable bonds is 6. The van der Waals surface area contributed by atoms with Gasteiger partial charge in [-0.3, -0.25) is 24.0 Å². The number of carbonyl (C=O) groups excluding carboxylic acids is 4. The van der Waals surface area contributed by atoms with Crippen LogP contribution in [0.2, 0.25) is 0 Å². The molecule has 9 heteroatoms. The van der Waals surface area contributed by atoms with Crippen molar-refractivity contribution in [3.8, 4) is 23.0 Å². The first-order valence-electron chi connectivity index (χ1n) is 9.94. The van der Waals surface area contributed by atoms with Crippen molar-refractivity contribution in [2.75, 3.05) is 0 Å². The second-order valence-electron chi connectivity index (χ2n) is 6.85. The van der Waals surface area contributed by atoms with Crippen LogP contribution in [0.1, 0.15) is 52.7 Å². The summed E-state index contributed by atoms with van der Waals surface area (Å²) in [4.78, 5) is 60.8. The molecule has 0 aliphatic rings. The van der Waals surface area contributed by atoms with E-state index in [1.54, 1.807) is 26.0 Å². The van der Waals surface area contributed by atoms with E-state index in [2.05, 4.69) is 0 Å². The number of benzene rings is 1. The third-order valence-corrected chi connectivity index (χ3v) is 4.40. The van der Waals surface area contributed by atoms with Gasteiger partial charge >= 0.3 is 23.9 Å². The predicted molar refractivity (Wildman–Crippen MR) is 114 cm³/mol. The number of aryl methyl sites for hydroxylation is 2. The summed E-state index contributed by atoms with van der Waals surface area (Å²) in [7, 11) is 0. The molecular weight excluding hydrogens is 420 g/mol. The van der Waals surface area contributed by atoms with Gasteiger partial charge in [-0.1, -0.05) is 26.0 Å². The third kappa shape index (κ3) is 5.11. The van der Waals surface area contributed by atoms with Crippen molar-refractivity contribution in [3.05, 3.63) is 33.5 Å². The molecule has 9 nitrogen and oxygen atoms in total. The molecule has 0 saturated carbocycles. The largest absolute Gasteiger partial charge is 0.422 e. The van der Waals surface area contributed by atoms with Gasteiger partial charge in [0.1, 0.15) is 0 Å². The fourth-order valence-corrected chi connectivity index (χ4v) is 3.29. The first-order chi connectivity index (χ1) is 15.0. The molecule has 0 radical (unpaired) electrons. The second-order valence-corrected chi connectivity index (χ2v) is 6.85. The maximum atomic E-state index is 13.6. The molecule has 0 saturated heterocycles. The van der Waals surface area contributed by atoms with Gasteiger partial charge in [0.2, 0.25) is 11.2 Å². The average molecular weight is 444 g/mol. The van der Waals surface area contributed by atoms with Crippen molar-refractivity contribution in [3.63, 3.8) is 0 Å². The van der Waals surface area contributed by atoms with E-state index in [9.17, 15) is 24.0 Å². The van der Waals surface area contributed by atoms with E-state index in [0.717, 1.165) is 27.7 Å². The highest BCUT2D eigenvalue weighted by atomic mass is 16.6. The first kappa shape index (κ1) is 24.5. The highest BCUT2D eigenvalue weighted by Crippen LogP contribution is 2.47. The fourth-order valence-electron chi connectivity index (χ4n) is 3.29. The molecule has 0 N–H and O–H groups in total. The predicted octanol–water partition coefficient (Wildman–Crippen LogP) is 3.03. The van der Waals surface area contributed by atoms with Gasteiger partial charge < -0.3 is 18.9 Å². The Morgan fingerprint density at radius 2 is 1.12 bits per heavy atom. The van der Waals surface area contributed by atoms with E-state index in [1.165, 1.54) is 0 Å². The van der Waals surface area contributed by atoms with Crippen LogP contribution in [-0.2, 0) is 32.0 Å². The molecule has 0 spiro atoms. The number of hydrogen-bond acceptors (Lipinski definition) is 9. The Morgan fingerprint density at radius 3 is 1.59 bits per heavy atom. The molecule has 0 aliphatic heterocycles. The van der Waals surface area contributed by atoms with Crippen LogP contribution >= 0.6 is 0 Å². The Balaban J connectivity index is 3.26. The first-order valence-corrected chi connectivity index (χ1v) is 9.94. The maximum absolute atomic E-state index is 13.6. The van der Waals surface area contributed by atoms with Crippen molar-refractivity contribution in [1.29, 1.82) is 0 Å². The molecule has 0 aromatic heterocycles. The third-order valence-electron chi connectivity index (χ3n) is 4.40. The van der Waals surface area contributed by atoms with Crippen LogP contribution in [0.5, 0.6) is 23.0 Å². The monoisotopic (exact) mass is 444 g/mol. The summed E-state index contributed by atoms with van der Waals surface area (Å²) < 4.78 is 21.1. The lowest BCUT2D eigenvalue weighted by Gasteiger charge is -2.18. The quantitative estimate of drug-likeness (QED) is 0.489. The molecule has 2 aromatic rings. The van der Waals surface area contributed by atoms with Crippen LogP contribution < -0.4 is 24.4 Å². The smallest absolute Gasteiger partial charge is 0.308 e. The number of hydrogen-bond donors (Lipinski definition) is 0. The van der Waals surface area contributed by atoms with E-state index in [1.807, 2.05) is 0 Å². The average Bonchev–Trinajstić information content (AvgIpc) is 2.80. The maximum Gasteiger partial charge on any atom is 0.308 e. The number of ether oxygens (including phenoxy) is 4. The number of fused-ring (bicyclic) bond motifs is 1. The van der Waals surface area contributed by atoms with Crippen LogP contribution in [0.4, 0.5) is 0 Å². The summed E-state index contributed by atoms with van der Waals surface area (Å²) in [6.07, 6.45) is 0.623. The van der Waals surface area contributed by atoms with Crippen molar-refractivity contribution in [1.82, 2.24) is 0 Å². The summed E-state index contributed by atoms with van der Waals surface area (Å²) >= 11 is 0. The van der Waals surface area contributed by atoms with Gasteiger partial charge in [-0.15, -0.1) is 0 Å². The molecule has 0 aliphatic carbocycles. The highest BCUT2D eigenvalue weighted by molar-refractivity contribution is 5.99. The van der Waals surface area contributed by atoms with E-state index in [-0.39, 0.29) is 34.4 Å². The minimum atomic E-state index is -0.812. The molecule has 0 heterocycles. The van der Waals surface area contributed by atoms with E-state index >= 15 is 0 Å². The van der Waals surface area contributed by atoms with Gasteiger partial charge in [-0.2, -0.15) is 0 Å². The van der Waals surface area contributed by atoms with Crippen molar-refractivity contribution in [2.45, 2.75) is 54.4 Å². The van der Waals surface area contributed by atoms with Gasteiger partial charge in [0.05, 0.1) is 5.39 Å². The SMILES string of the molecule is CCc1ccc2c(CC)c(OC(C)=O)c(OC(C)=O)c(OC(C)=O)c2c(=O)c1OC(C)=O. The van der Waals surface area contributed by atoms with E-state index < -0.39 is 35.1 Å². The molecule has 32 heavy (non-hydrogen) atoms. The summed E-state index contributed by atoms with van der Waals surface area (Å²) in [5, 5.41) is 0.133. The second kappa shape index (κ2) is 10.0. The molecule has 0 atom stereocenters. The van der Waals surface area contributed by atoms with Crippen LogP contribution in [0.15, 0.2) is 16.9 Å². The van der Waals surface area contributed by atoms with Crippen LogP contribution in [0, 0.1) is 0 Å². The molecule has 0 fully saturated rings. The lowest BCUT2D eigenvalue weighted by Crippen LogP contribution is -2.16. The lowest BCUT2D eigenvalue weighted by atomic mass is 10.0. The Kier molecular flexibility index (Phi) is 7.69. The minimum absolute atomic E-state index is 0.142. The molecule has 0 bridgehead atoms. The lowest BCUT2D eigenvalue weighted by molar-refractivity contribution is -0.135. The number of carbonyl (C=O) groups is 4. The van der Waals surface area contributed by atoms with Gasteiger partial charge in [0.15, 0.2) is 17.2 Å². The van der Waals surface area contributed by atoms with Crippen LogP contribution in [-0.4, -0.2) is 23.9 Å². The van der Waals surface area contributed by atoms with E-state index in [0.29, 0.717) is 17.5 Å². The normalized spacial score (nSPS) is 10.4. The van der Waals surface area contributed by atoms with Crippen molar-refractivity contribution in [2.24, 2.45) is 0 Å². The van der Waals surface area contributed by atoms with Crippen molar-refractivity contribution < 1.29 is 38.1 Å². The Morgan fingerprint density at radius 1 is 0.656 bits per heavy atom. The number of esters is 4. The molecular formula is C23H24O9. The topological polar surface area (TPSA) is 122 Å². The zero-order valence-corrected chi connectivity index (χ0v) is 18.7. The Labute approximate surface area is 184 Å². The highest BCUT2D eigenvalue weighted by Gasteiger charge is 2.29. The van der Waals surface area contributed by atoms with Crippen molar-refractivity contribution >= 4 is 34.6 Å². The molecule has 2 rings (SSSR count). The van der Waals surface area contributed by atoms with Gasteiger partial charge in [-0.25, -0.2) is 0 Å². The molecule has 0 amide bonds. The standard InChI is InChI=1S/C23H24O9/c1-7-15-9-10-17-16(8-2)21(30-12(4)25)23(32-14(6)27)22(31-13(5)26)18(17)19(28)20(15)29-11(3)24/h9-10H,7-8H2,1-6H3. The Hall–Kier alpha value is -3.75. The van der Waals surface area contributed by atoms with E-state index in [4.69, 9.17) is 18.9 Å². The fraction of sp³-hybridized carbons (Fsp3) is 0.348. The Bertz CT molecular complexity index is 1180. The van der Waals surface area contributed by atoms with Gasteiger partial charge in [-0.05, 0) is 23.8 Å². The van der Waals surface area contributed by atoms with Crippen LogP contribution in [0.3, 0.4) is 0 Å².